The summed E-state index contributed by atoms with van der Waals surface area (Å²) in [6.45, 7) is 0.155. The van der Waals surface area contributed by atoms with Crippen LogP contribution in [0.4, 0.5) is 23.7 Å². The quantitative estimate of drug-likeness (QED) is 0.806. The first-order chi connectivity index (χ1) is 10.3. The fourth-order valence-electron chi connectivity index (χ4n) is 1.65. The summed E-state index contributed by atoms with van der Waals surface area (Å²) in [4.78, 5) is 33.1. The van der Waals surface area contributed by atoms with Crippen LogP contribution in [0.15, 0.2) is 29.6 Å². The summed E-state index contributed by atoms with van der Waals surface area (Å²) in [5.41, 5.74) is -1.72. The summed E-state index contributed by atoms with van der Waals surface area (Å²) in [6, 6.07) is -0.139. The lowest BCUT2D eigenvalue weighted by atomic mass is 10.2. The number of rotatable bonds is 3. The Morgan fingerprint density at radius 2 is 2.14 bits per heavy atom. The molecular weight excluding hydrogens is 303 g/mol. The highest BCUT2D eigenvalue weighted by Crippen LogP contribution is 2.29. The number of carbonyl (C=O) groups is 1. The molecule has 0 aromatic carbocycles. The van der Waals surface area contributed by atoms with Crippen molar-refractivity contribution in [3.05, 3.63) is 46.4 Å². The van der Waals surface area contributed by atoms with E-state index < -0.39 is 29.0 Å². The Hall–Kier alpha value is -2.78. The summed E-state index contributed by atoms with van der Waals surface area (Å²) >= 11 is 0. The molecule has 2 aromatic heterocycles. The van der Waals surface area contributed by atoms with Crippen LogP contribution in [0.2, 0.25) is 0 Å². The van der Waals surface area contributed by atoms with E-state index in [1.54, 1.807) is 0 Å². The number of pyridine rings is 1. The first-order valence-electron chi connectivity index (χ1n) is 6.06. The number of nitrogens with zero attached hydrogens (tertiary/aromatic N) is 2. The van der Waals surface area contributed by atoms with Gasteiger partial charge in [0, 0.05) is 19.4 Å². The number of H-pyrrole nitrogens is 2. The van der Waals surface area contributed by atoms with Gasteiger partial charge in [0.25, 0.3) is 5.56 Å². The maximum atomic E-state index is 12.6. The molecule has 2 amide bonds. The van der Waals surface area contributed by atoms with Gasteiger partial charge in [0.05, 0.1) is 24.1 Å². The third-order valence-electron chi connectivity index (χ3n) is 2.78. The van der Waals surface area contributed by atoms with Gasteiger partial charge < -0.3 is 20.2 Å². The molecule has 2 aromatic rings. The molecule has 0 saturated heterocycles. The standard InChI is InChI=1S/C12H12F3N5O2/c1-20(5-8-4-16-6-18-8)11(22)19-9-2-7(12(13,14)15)3-17-10(9)21/h2-4,6H,5H2,1H3,(H,16,18)(H,17,21)(H,19,22). The number of anilines is 1. The van der Waals surface area contributed by atoms with E-state index in [9.17, 15) is 22.8 Å². The van der Waals surface area contributed by atoms with Gasteiger partial charge in [-0.2, -0.15) is 13.2 Å². The van der Waals surface area contributed by atoms with Crippen molar-refractivity contribution < 1.29 is 18.0 Å². The van der Waals surface area contributed by atoms with E-state index in [2.05, 4.69) is 15.3 Å². The van der Waals surface area contributed by atoms with E-state index in [1.165, 1.54) is 24.5 Å². The molecule has 22 heavy (non-hydrogen) atoms. The molecule has 10 heteroatoms. The first kappa shape index (κ1) is 15.6. The van der Waals surface area contributed by atoms with E-state index in [4.69, 9.17) is 0 Å². The van der Waals surface area contributed by atoms with Crippen molar-refractivity contribution in [1.29, 1.82) is 0 Å². The molecule has 0 aliphatic rings. The Morgan fingerprint density at radius 1 is 1.41 bits per heavy atom. The highest BCUT2D eigenvalue weighted by atomic mass is 19.4. The molecule has 0 radical (unpaired) electrons. The molecule has 0 atom stereocenters. The SMILES string of the molecule is CN(Cc1cnc[nH]1)C(=O)Nc1cc(C(F)(F)F)c[nH]c1=O. The summed E-state index contributed by atoms with van der Waals surface area (Å²) in [7, 11) is 1.43. The van der Waals surface area contributed by atoms with Crippen molar-refractivity contribution in [2.24, 2.45) is 0 Å². The van der Waals surface area contributed by atoms with Crippen molar-refractivity contribution in [3.63, 3.8) is 0 Å². The summed E-state index contributed by atoms with van der Waals surface area (Å²) in [6.07, 6.45) is -1.14. The normalized spacial score (nSPS) is 11.3. The minimum absolute atomic E-state index is 0.155. The number of halogens is 3. The van der Waals surface area contributed by atoms with Crippen LogP contribution in [0, 0.1) is 0 Å². The Kier molecular flexibility index (Phi) is 4.20. The molecule has 0 spiro atoms. The van der Waals surface area contributed by atoms with E-state index >= 15 is 0 Å². The lowest BCUT2D eigenvalue weighted by Gasteiger charge is -2.17. The molecule has 118 valence electrons. The number of hydrogen-bond acceptors (Lipinski definition) is 3. The molecule has 2 heterocycles. The van der Waals surface area contributed by atoms with Gasteiger partial charge in [-0.05, 0) is 6.07 Å². The van der Waals surface area contributed by atoms with Gasteiger partial charge >= 0.3 is 12.2 Å². The van der Waals surface area contributed by atoms with Gasteiger partial charge in [-0.15, -0.1) is 0 Å². The van der Waals surface area contributed by atoms with Crippen LogP contribution >= 0.6 is 0 Å². The lowest BCUT2D eigenvalue weighted by molar-refractivity contribution is -0.137. The average molecular weight is 315 g/mol. The number of amides is 2. The van der Waals surface area contributed by atoms with Crippen molar-refractivity contribution in [2.75, 3.05) is 12.4 Å². The van der Waals surface area contributed by atoms with E-state index in [-0.39, 0.29) is 6.54 Å². The van der Waals surface area contributed by atoms with Gasteiger partial charge in [0.1, 0.15) is 5.69 Å². The summed E-state index contributed by atoms with van der Waals surface area (Å²) in [5, 5.41) is 2.14. The maximum Gasteiger partial charge on any atom is 0.417 e. The van der Waals surface area contributed by atoms with Crippen molar-refractivity contribution >= 4 is 11.7 Å². The van der Waals surface area contributed by atoms with Crippen molar-refractivity contribution in [1.82, 2.24) is 19.9 Å². The Balaban J connectivity index is 2.12. The monoisotopic (exact) mass is 315 g/mol. The fourth-order valence-corrected chi connectivity index (χ4v) is 1.65. The number of imidazole rings is 1. The minimum Gasteiger partial charge on any atom is -0.347 e. The molecular formula is C12H12F3N5O2. The minimum atomic E-state index is -4.62. The second-order valence-corrected chi connectivity index (χ2v) is 4.49. The third kappa shape index (κ3) is 3.65. The second-order valence-electron chi connectivity index (χ2n) is 4.49. The molecule has 0 saturated carbocycles. The molecule has 7 nitrogen and oxygen atoms in total. The third-order valence-corrected chi connectivity index (χ3v) is 2.78. The smallest absolute Gasteiger partial charge is 0.347 e. The van der Waals surface area contributed by atoms with Crippen LogP contribution < -0.4 is 10.9 Å². The zero-order valence-electron chi connectivity index (χ0n) is 11.4. The number of alkyl halides is 3. The van der Waals surface area contributed by atoms with Gasteiger partial charge in [-0.25, -0.2) is 9.78 Å². The van der Waals surface area contributed by atoms with Crippen LogP contribution in [0.3, 0.4) is 0 Å². The topological polar surface area (TPSA) is 93.9 Å². The highest BCUT2D eigenvalue weighted by molar-refractivity contribution is 5.88. The van der Waals surface area contributed by atoms with Crippen LogP contribution in [0.25, 0.3) is 0 Å². The number of hydrogen-bond donors (Lipinski definition) is 3. The van der Waals surface area contributed by atoms with E-state index in [1.807, 2.05) is 4.98 Å². The first-order valence-corrected chi connectivity index (χ1v) is 6.06. The van der Waals surface area contributed by atoms with Gasteiger partial charge in [0.2, 0.25) is 0 Å². The highest BCUT2D eigenvalue weighted by Gasteiger charge is 2.31. The Bertz CT molecular complexity index is 708. The average Bonchev–Trinajstić information content (AvgIpc) is 2.92. The zero-order valence-corrected chi connectivity index (χ0v) is 11.4. The Morgan fingerprint density at radius 3 is 2.73 bits per heavy atom. The van der Waals surface area contributed by atoms with Crippen LogP contribution in [-0.2, 0) is 12.7 Å². The number of urea groups is 1. The van der Waals surface area contributed by atoms with Crippen LogP contribution in [0.5, 0.6) is 0 Å². The van der Waals surface area contributed by atoms with Gasteiger partial charge in [-0.1, -0.05) is 0 Å². The molecule has 2 rings (SSSR count). The second kappa shape index (κ2) is 5.92. The van der Waals surface area contributed by atoms with Gasteiger partial charge in [0.15, 0.2) is 0 Å². The lowest BCUT2D eigenvalue weighted by Crippen LogP contribution is -2.33. The molecule has 3 N–H and O–H groups in total. The van der Waals surface area contributed by atoms with Crippen molar-refractivity contribution in [3.8, 4) is 0 Å². The molecule has 0 aliphatic heterocycles. The molecule has 0 unspecified atom stereocenters. The number of carbonyl (C=O) groups excluding carboxylic acids is 1. The van der Waals surface area contributed by atoms with E-state index in [0.29, 0.717) is 18.0 Å². The van der Waals surface area contributed by atoms with Gasteiger partial charge in [-0.3, -0.25) is 4.79 Å². The van der Waals surface area contributed by atoms with Crippen LogP contribution in [-0.4, -0.2) is 32.9 Å². The fraction of sp³-hybridized carbons (Fsp3) is 0.250. The number of aromatic amines is 2. The summed E-state index contributed by atoms with van der Waals surface area (Å²) < 4.78 is 37.8. The molecule has 0 fully saturated rings. The predicted molar refractivity (Wildman–Crippen MR) is 71.1 cm³/mol. The van der Waals surface area contributed by atoms with Crippen LogP contribution in [0.1, 0.15) is 11.3 Å². The maximum absolute atomic E-state index is 12.6. The number of nitrogens with one attached hydrogen (secondary N) is 3. The predicted octanol–water partition coefficient (Wildman–Crippen LogP) is 1.78. The molecule has 0 aliphatic carbocycles. The van der Waals surface area contributed by atoms with E-state index in [0.717, 1.165) is 0 Å². The Labute approximate surface area is 122 Å². The summed E-state index contributed by atoms with van der Waals surface area (Å²) in [5.74, 6) is 0. The largest absolute Gasteiger partial charge is 0.417 e. The number of aromatic nitrogens is 3. The zero-order chi connectivity index (χ0) is 16.3. The molecule has 0 bridgehead atoms. The van der Waals surface area contributed by atoms with Crippen molar-refractivity contribution in [2.45, 2.75) is 12.7 Å².